The van der Waals surface area contributed by atoms with Gasteiger partial charge >= 0.3 is 0 Å². The summed E-state index contributed by atoms with van der Waals surface area (Å²) < 4.78 is 0. The molecule has 1 aromatic heterocycles. The monoisotopic (exact) mass is 229 g/mol. The summed E-state index contributed by atoms with van der Waals surface area (Å²) in [6.07, 6.45) is 3.98. The fraction of sp³-hybridized carbons (Fsp3) is 0.429. The largest absolute Gasteiger partial charge is 0.370 e. The average molecular weight is 229 g/mol. The molecule has 3 N–H and O–H groups in total. The molecule has 1 aliphatic heterocycles. The standard InChI is InChI=1S/C14H19N3/c15-10-12-9-11-5-4-6-13(14(11)16-12)17-7-2-1-3-8-17/h4-6,9,16H,1-3,7-8,10,15H2. The van der Waals surface area contributed by atoms with Gasteiger partial charge in [0, 0.05) is 30.7 Å². The molecule has 0 saturated carbocycles. The van der Waals surface area contributed by atoms with Crippen molar-refractivity contribution in [3.05, 3.63) is 30.0 Å². The Morgan fingerprint density at radius 1 is 1.18 bits per heavy atom. The van der Waals surface area contributed by atoms with Crippen molar-refractivity contribution >= 4 is 16.6 Å². The molecule has 90 valence electrons. The smallest absolute Gasteiger partial charge is 0.0694 e. The van der Waals surface area contributed by atoms with Crippen molar-refractivity contribution in [2.24, 2.45) is 5.73 Å². The van der Waals surface area contributed by atoms with Crippen LogP contribution in [0.2, 0.25) is 0 Å². The highest BCUT2D eigenvalue weighted by molar-refractivity contribution is 5.92. The third-order valence-electron chi connectivity index (χ3n) is 3.61. The van der Waals surface area contributed by atoms with Gasteiger partial charge in [0.25, 0.3) is 0 Å². The van der Waals surface area contributed by atoms with Gasteiger partial charge in [-0.3, -0.25) is 0 Å². The van der Waals surface area contributed by atoms with E-state index in [4.69, 9.17) is 5.73 Å². The fourth-order valence-corrected chi connectivity index (χ4v) is 2.71. The predicted octanol–water partition coefficient (Wildman–Crippen LogP) is 2.62. The molecule has 0 spiro atoms. The minimum atomic E-state index is 0.578. The van der Waals surface area contributed by atoms with E-state index in [1.54, 1.807) is 0 Å². The first-order valence-corrected chi connectivity index (χ1v) is 6.44. The molecule has 2 heterocycles. The van der Waals surface area contributed by atoms with Crippen LogP contribution in [0.1, 0.15) is 25.0 Å². The number of hydrogen-bond acceptors (Lipinski definition) is 2. The van der Waals surface area contributed by atoms with Crippen LogP contribution >= 0.6 is 0 Å². The number of rotatable bonds is 2. The number of benzene rings is 1. The van der Waals surface area contributed by atoms with Gasteiger partial charge < -0.3 is 15.6 Å². The van der Waals surface area contributed by atoms with Crippen molar-refractivity contribution in [3.8, 4) is 0 Å². The molecule has 0 amide bonds. The van der Waals surface area contributed by atoms with Gasteiger partial charge in [0.05, 0.1) is 11.2 Å². The van der Waals surface area contributed by atoms with Gasteiger partial charge in [0.1, 0.15) is 0 Å². The highest BCUT2D eigenvalue weighted by Crippen LogP contribution is 2.28. The molecular weight excluding hydrogens is 210 g/mol. The van der Waals surface area contributed by atoms with Crippen LogP contribution in [-0.4, -0.2) is 18.1 Å². The highest BCUT2D eigenvalue weighted by atomic mass is 15.1. The van der Waals surface area contributed by atoms with Gasteiger partial charge in [0.15, 0.2) is 0 Å². The number of anilines is 1. The number of hydrogen-bond donors (Lipinski definition) is 2. The summed E-state index contributed by atoms with van der Waals surface area (Å²) in [5.74, 6) is 0. The Kier molecular flexibility index (Phi) is 2.77. The van der Waals surface area contributed by atoms with Crippen LogP contribution in [0, 0.1) is 0 Å². The molecule has 1 saturated heterocycles. The normalized spacial score (nSPS) is 16.6. The Bertz CT molecular complexity index is 509. The summed E-state index contributed by atoms with van der Waals surface area (Å²) in [5, 5.41) is 1.27. The molecule has 17 heavy (non-hydrogen) atoms. The van der Waals surface area contributed by atoms with Gasteiger partial charge in [-0.2, -0.15) is 0 Å². The second kappa shape index (κ2) is 4.41. The zero-order valence-corrected chi connectivity index (χ0v) is 10.1. The third-order valence-corrected chi connectivity index (χ3v) is 3.61. The van der Waals surface area contributed by atoms with Crippen LogP contribution in [0.3, 0.4) is 0 Å². The van der Waals surface area contributed by atoms with E-state index in [0.717, 1.165) is 5.69 Å². The van der Waals surface area contributed by atoms with E-state index in [1.807, 2.05) is 0 Å². The van der Waals surface area contributed by atoms with E-state index in [2.05, 4.69) is 34.1 Å². The summed E-state index contributed by atoms with van der Waals surface area (Å²) in [6.45, 7) is 2.93. The van der Waals surface area contributed by atoms with Crippen LogP contribution in [-0.2, 0) is 6.54 Å². The van der Waals surface area contributed by atoms with Crippen molar-refractivity contribution in [2.75, 3.05) is 18.0 Å². The van der Waals surface area contributed by atoms with Crippen LogP contribution in [0.5, 0.6) is 0 Å². The molecule has 0 unspecified atom stereocenters. The molecule has 3 heteroatoms. The number of aromatic amines is 1. The van der Waals surface area contributed by atoms with Gasteiger partial charge in [-0.15, -0.1) is 0 Å². The number of aromatic nitrogens is 1. The second-order valence-electron chi connectivity index (χ2n) is 4.79. The lowest BCUT2D eigenvalue weighted by atomic mass is 10.1. The van der Waals surface area contributed by atoms with E-state index in [-0.39, 0.29) is 0 Å². The molecule has 3 rings (SSSR count). The minimum absolute atomic E-state index is 0.578. The molecule has 2 aromatic rings. The van der Waals surface area contributed by atoms with Crippen molar-refractivity contribution in [1.29, 1.82) is 0 Å². The first-order valence-electron chi connectivity index (χ1n) is 6.44. The van der Waals surface area contributed by atoms with E-state index in [1.165, 1.54) is 48.9 Å². The first-order chi connectivity index (χ1) is 8.38. The molecule has 0 aliphatic carbocycles. The zero-order chi connectivity index (χ0) is 11.7. The molecule has 1 fully saturated rings. The Hall–Kier alpha value is -1.48. The predicted molar refractivity (Wildman–Crippen MR) is 72.3 cm³/mol. The van der Waals surface area contributed by atoms with Crippen molar-refractivity contribution in [3.63, 3.8) is 0 Å². The van der Waals surface area contributed by atoms with Crippen molar-refractivity contribution in [1.82, 2.24) is 4.98 Å². The van der Waals surface area contributed by atoms with E-state index in [9.17, 15) is 0 Å². The SMILES string of the molecule is NCc1cc2cccc(N3CCCCC3)c2[nH]1. The number of nitrogens with two attached hydrogens (primary N) is 1. The summed E-state index contributed by atoms with van der Waals surface area (Å²) >= 11 is 0. The maximum Gasteiger partial charge on any atom is 0.0694 e. The van der Waals surface area contributed by atoms with Gasteiger partial charge in [-0.05, 0) is 31.4 Å². The van der Waals surface area contributed by atoms with E-state index < -0.39 is 0 Å². The molecule has 0 radical (unpaired) electrons. The topological polar surface area (TPSA) is 45.0 Å². The number of para-hydroxylation sites is 1. The van der Waals surface area contributed by atoms with Crippen LogP contribution < -0.4 is 10.6 Å². The van der Waals surface area contributed by atoms with E-state index in [0.29, 0.717) is 6.54 Å². The van der Waals surface area contributed by atoms with Crippen LogP contribution in [0.25, 0.3) is 10.9 Å². The molecule has 3 nitrogen and oxygen atoms in total. The highest BCUT2D eigenvalue weighted by Gasteiger charge is 2.14. The molecule has 0 bridgehead atoms. The maximum absolute atomic E-state index is 5.70. The number of fused-ring (bicyclic) bond motifs is 1. The Morgan fingerprint density at radius 2 is 2.00 bits per heavy atom. The lowest BCUT2D eigenvalue weighted by molar-refractivity contribution is 0.579. The molecule has 0 atom stereocenters. The Labute approximate surface area is 102 Å². The Balaban J connectivity index is 2.05. The van der Waals surface area contributed by atoms with Crippen molar-refractivity contribution in [2.45, 2.75) is 25.8 Å². The number of H-pyrrole nitrogens is 1. The number of nitrogens with one attached hydrogen (secondary N) is 1. The van der Waals surface area contributed by atoms with Gasteiger partial charge in [-0.1, -0.05) is 12.1 Å². The van der Waals surface area contributed by atoms with Crippen molar-refractivity contribution < 1.29 is 0 Å². The molecule has 1 aromatic carbocycles. The first kappa shape index (κ1) is 10.7. The summed E-state index contributed by atoms with van der Waals surface area (Å²) in [5.41, 5.74) is 9.39. The second-order valence-corrected chi connectivity index (χ2v) is 4.79. The van der Waals surface area contributed by atoms with Crippen LogP contribution in [0.15, 0.2) is 24.3 Å². The van der Waals surface area contributed by atoms with Gasteiger partial charge in [0.2, 0.25) is 0 Å². The summed E-state index contributed by atoms with van der Waals surface area (Å²) in [6, 6.07) is 8.66. The number of piperidine rings is 1. The summed E-state index contributed by atoms with van der Waals surface area (Å²) in [7, 11) is 0. The fourth-order valence-electron chi connectivity index (χ4n) is 2.71. The molecular formula is C14H19N3. The quantitative estimate of drug-likeness (QED) is 0.831. The lowest BCUT2D eigenvalue weighted by Gasteiger charge is -2.29. The van der Waals surface area contributed by atoms with E-state index >= 15 is 0 Å². The minimum Gasteiger partial charge on any atom is -0.370 e. The Morgan fingerprint density at radius 3 is 2.76 bits per heavy atom. The lowest BCUT2D eigenvalue weighted by Crippen LogP contribution is -2.29. The maximum atomic E-state index is 5.70. The van der Waals surface area contributed by atoms with Crippen LogP contribution in [0.4, 0.5) is 5.69 Å². The van der Waals surface area contributed by atoms with Gasteiger partial charge in [-0.25, -0.2) is 0 Å². The third kappa shape index (κ3) is 1.91. The summed E-state index contributed by atoms with van der Waals surface area (Å²) in [4.78, 5) is 5.93. The molecule has 1 aliphatic rings. The average Bonchev–Trinajstić information content (AvgIpc) is 2.82. The zero-order valence-electron chi connectivity index (χ0n) is 10.1. The number of nitrogens with zero attached hydrogens (tertiary/aromatic N) is 1.